The van der Waals surface area contributed by atoms with E-state index < -0.39 is 27.7 Å². The zero-order valence-electron chi connectivity index (χ0n) is 21.7. The molecule has 0 saturated carbocycles. The number of benzene rings is 1. The number of aromatic nitrogens is 1. The lowest BCUT2D eigenvalue weighted by molar-refractivity contribution is -0.165. The summed E-state index contributed by atoms with van der Waals surface area (Å²) in [7, 11) is -3.67. The van der Waals surface area contributed by atoms with E-state index in [4.69, 9.17) is 20.0 Å². The number of carbonyl (C=O) groups is 2. The minimum Gasteiger partial charge on any atom is -0.458 e. The monoisotopic (exact) mass is 569 g/mol. The Morgan fingerprint density at radius 3 is 2.54 bits per heavy atom. The molecule has 1 amide bonds. The van der Waals surface area contributed by atoms with Crippen molar-refractivity contribution in [3.05, 3.63) is 51.0 Å². The molecule has 12 nitrogen and oxygen atoms in total. The summed E-state index contributed by atoms with van der Waals surface area (Å²) in [6, 6.07) is 0.805. The number of hydrogen-bond donors (Lipinski definition) is 3. The van der Waals surface area contributed by atoms with E-state index in [-0.39, 0.29) is 41.7 Å². The molecule has 4 heterocycles. The molecule has 0 bridgehead atoms. The van der Waals surface area contributed by atoms with E-state index in [0.29, 0.717) is 60.0 Å². The van der Waals surface area contributed by atoms with Crippen molar-refractivity contribution in [2.75, 3.05) is 12.9 Å². The third-order valence-corrected chi connectivity index (χ3v) is 7.85. The quantitative estimate of drug-likeness (QED) is 0.316. The van der Waals surface area contributed by atoms with Crippen molar-refractivity contribution in [2.45, 2.75) is 63.8 Å². The number of cyclic esters (lactones) is 1. The van der Waals surface area contributed by atoms with Crippen LogP contribution in [0.5, 0.6) is 0 Å². The molecule has 214 valence electrons. The van der Waals surface area contributed by atoms with Crippen LogP contribution in [-0.4, -0.2) is 69.3 Å². The van der Waals surface area contributed by atoms with Gasteiger partial charge < -0.3 is 31.4 Å². The molecule has 0 saturated heterocycles. The van der Waals surface area contributed by atoms with Gasteiger partial charge in [-0.3, -0.25) is 14.3 Å². The maximum Gasteiger partial charge on any atom is 0.342 e. The first-order valence-corrected chi connectivity index (χ1v) is 13.9. The van der Waals surface area contributed by atoms with Crippen LogP contribution in [0, 0.1) is 12.7 Å². The van der Waals surface area contributed by atoms with Crippen LogP contribution in [0.25, 0.3) is 10.9 Å². The number of nitrogens with two attached hydrogens (primary N) is 1. The molecular formula is C25H32FN3O9S. The number of halogens is 1. The van der Waals surface area contributed by atoms with Crippen molar-refractivity contribution in [1.82, 2.24) is 9.88 Å². The van der Waals surface area contributed by atoms with Crippen molar-refractivity contribution < 1.29 is 47.7 Å². The number of pyridine rings is 1. The summed E-state index contributed by atoms with van der Waals surface area (Å²) in [6.07, 6.45) is 2.52. The topological polar surface area (TPSA) is 223 Å². The molecule has 3 aliphatic heterocycles. The van der Waals surface area contributed by atoms with E-state index in [1.165, 1.54) is 6.07 Å². The fourth-order valence-electron chi connectivity index (χ4n) is 6.04. The van der Waals surface area contributed by atoms with Crippen LogP contribution in [0.1, 0.15) is 66.2 Å². The summed E-state index contributed by atoms with van der Waals surface area (Å²) < 4.78 is 45.7. The smallest absolute Gasteiger partial charge is 0.342 e. The molecule has 3 atom stereocenters. The van der Waals surface area contributed by atoms with E-state index >= 15 is 0 Å². The van der Waals surface area contributed by atoms with Crippen molar-refractivity contribution in [2.24, 2.45) is 5.73 Å². The number of hydrogen-bond acceptors (Lipinski definition) is 8. The number of ether oxygens (including phenoxy) is 1. The summed E-state index contributed by atoms with van der Waals surface area (Å²) in [5.74, 6) is -1.27. The minimum absolute atomic E-state index is 0. The highest BCUT2D eigenvalue weighted by atomic mass is 32.2. The van der Waals surface area contributed by atoms with E-state index in [1.807, 2.05) is 0 Å². The van der Waals surface area contributed by atoms with Crippen molar-refractivity contribution in [3.63, 3.8) is 0 Å². The number of rotatable bonds is 1. The molecule has 14 heteroatoms. The average Bonchev–Trinajstić information content (AvgIpc) is 3.18. The Morgan fingerprint density at radius 2 is 1.92 bits per heavy atom. The summed E-state index contributed by atoms with van der Waals surface area (Å²) >= 11 is 0. The highest BCUT2D eigenvalue weighted by molar-refractivity contribution is 7.85. The zero-order chi connectivity index (χ0) is 27.0. The Morgan fingerprint density at radius 1 is 1.28 bits per heavy atom. The predicted octanol–water partition coefficient (Wildman–Crippen LogP) is 0.264. The molecule has 0 fully saturated rings. The molecule has 2 aromatic rings. The Bertz CT molecular complexity index is 1520. The highest BCUT2D eigenvalue weighted by Gasteiger charge is 2.53. The number of aliphatic hydroxyl groups is 1. The largest absolute Gasteiger partial charge is 0.458 e. The number of nitrogens with zero attached hydrogens (tertiary/aromatic N) is 2. The van der Waals surface area contributed by atoms with Gasteiger partial charge in [-0.2, -0.15) is 8.42 Å². The second-order valence-corrected chi connectivity index (χ2v) is 11.5. The molecule has 8 N–H and O–H groups in total. The van der Waals surface area contributed by atoms with Crippen molar-refractivity contribution in [1.29, 1.82) is 0 Å². The first-order valence-electron chi connectivity index (χ1n) is 12.0. The van der Waals surface area contributed by atoms with Gasteiger partial charge in [-0.25, -0.2) is 9.18 Å². The predicted molar refractivity (Wildman–Crippen MR) is 138 cm³/mol. The molecule has 1 unspecified atom stereocenters. The maximum atomic E-state index is 14.7. The highest BCUT2D eigenvalue weighted by Crippen LogP contribution is 2.50. The third kappa shape index (κ3) is 4.70. The first-order chi connectivity index (χ1) is 17.3. The van der Waals surface area contributed by atoms with Crippen molar-refractivity contribution in [3.8, 4) is 0 Å². The second kappa shape index (κ2) is 10.2. The molecule has 4 aliphatic rings. The summed E-state index contributed by atoms with van der Waals surface area (Å²) in [5.41, 5.74) is 10.2. The Kier molecular flexibility index (Phi) is 7.98. The van der Waals surface area contributed by atoms with Gasteiger partial charge in [0.05, 0.1) is 29.1 Å². The summed E-state index contributed by atoms with van der Waals surface area (Å²) in [5, 5.41) is 12.0. The Hall–Kier alpha value is -3.01. The van der Waals surface area contributed by atoms with Crippen molar-refractivity contribution >= 4 is 32.9 Å². The molecule has 1 aromatic heterocycles. The normalized spacial score (nSPS) is 24.9. The van der Waals surface area contributed by atoms with Gasteiger partial charge in [0.25, 0.3) is 16.0 Å². The van der Waals surface area contributed by atoms with Crippen LogP contribution in [0.3, 0.4) is 0 Å². The number of amides is 1. The van der Waals surface area contributed by atoms with Gasteiger partial charge in [0, 0.05) is 29.6 Å². The van der Waals surface area contributed by atoms with Crippen LogP contribution < -0.4 is 5.73 Å². The van der Waals surface area contributed by atoms with Crippen LogP contribution >= 0.6 is 0 Å². The molecule has 1 aliphatic carbocycles. The van der Waals surface area contributed by atoms with E-state index in [9.17, 15) is 27.5 Å². The van der Waals surface area contributed by atoms with Crippen LogP contribution in [0.15, 0.2) is 17.2 Å². The minimum atomic E-state index is -3.67. The van der Waals surface area contributed by atoms with E-state index in [2.05, 4.69) is 0 Å². The molecule has 39 heavy (non-hydrogen) atoms. The Balaban J connectivity index is 0.000000554. The SMILES string of the molecule is CC[C@@]1(O)C(=O)OCC2=C1CC1c3nc4cc(F)c(C)c5c4c(c3CN1C2=O)[C@@H](N)CC5.CS(=O)(=O)O.O.O. The van der Waals surface area contributed by atoms with Gasteiger partial charge in [-0.05, 0) is 54.9 Å². The average molecular weight is 570 g/mol. The number of fused-ring (bicyclic) bond motifs is 4. The molecule has 1 aromatic carbocycles. The van der Waals surface area contributed by atoms with E-state index in [1.54, 1.807) is 18.7 Å². The number of esters is 1. The van der Waals surface area contributed by atoms with Gasteiger partial charge in [-0.1, -0.05) is 6.92 Å². The van der Waals surface area contributed by atoms with E-state index in [0.717, 1.165) is 22.1 Å². The molecule has 0 spiro atoms. The maximum absolute atomic E-state index is 14.7. The lowest BCUT2D eigenvalue weighted by Gasteiger charge is -2.41. The molecule has 6 rings (SSSR count). The van der Waals surface area contributed by atoms with Gasteiger partial charge in [0.15, 0.2) is 5.60 Å². The lowest BCUT2D eigenvalue weighted by atomic mass is 9.78. The first kappa shape index (κ1) is 30.5. The summed E-state index contributed by atoms with van der Waals surface area (Å²) in [4.78, 5) is 32.4. The fourth-order valence-corrected chi connectivity index (χ4v) is 6.04. The fraction of sp³-hybridized carbons (Fsp3) is 0.480. The zero-order valence-corrected chi connectivity index (χ0v) is 22.5. The Labute approximate surface area is 224 Å². The van der Waals surface area contributed by atoms with Crippen LogP contribution in [-0.2, 0) is 37.4 Å². The van der Waals surface area contributed by atoms with Gasteiger partial charge in [0.1, 0.15) is 12.4 Å². The second-order valence-electron chi connectivity index (χ2n) is 10.0. The lowest BCUT2D eigenvalue weighted by Crippen LogP contribution is -2.51. The summed E-state index contributed by atoms with van der Waals surface area (Å²) in [6.45, 7) is 3.70. The van der Waals surface area contributed by atoms with Gasteiger partial charge in [-0.15, -0.1) is 0 Å². The molecular weight excluding hydrogens is 537 g/mol. The van der Waals surface area contributed by atoms with Crippen LogP contribution in [0.2, 0.25) is 0 Å². The van der Waals surface area contributed by atoms with Gasteiger partial charge >= 0.3 is 5.97 Å². The third-order valence-electron chi connectivity index (χ3n) is 7.85. The number of carbonyl (C=O) groups excluding carboxylic acids is 2. The number of aryl methyl sites for hydroxylation is 1. The molecule has 0 radical (unpaired) electrons. The van der Waals surface area contributed by atoms with Crippen LogP contribution in [0.4, 0.5) is 4.39 Å². The van der Waals surface area contributed by atoms with Gasteiger partial charge in [0.2, 0.25) is 0 Å². The standard InChI is InChI=1S/C24H24FN3O4.CH4O3S.2H2O/c1-3-24(31)14-6-18-21-12(8-28(18)22(29)13(14)9-32-23(24)30)19-16(26)5-4-11-10(2)15(25)7-17(27-21)20(11)19;1-5(2,3)4;;/h7,16,18,31H,3-6,8-9,26H2,1-2H3;1H3,(H,2,3,4);2*1H2/t16-,18?,24-;;;/m0.../s1.